The van der Waals surface area contributed by atoms with Gasteiger partial charge in [0.15, 0.2) is 0 Å². The molecule has 0 aliphatic carbocycles. The van der Waals surface area contributed by atoms with Crippen LogP contribution in [0.15, 0.2) is 89.8 Å². The van der Waals surface area contributed by atoms with Gasteiger partial charge in [0.25, 0.3) is 0 Å². The summed E-state index contributed by atoms with van der Waals surface area (Å²) in [6.45, 7) is 1.92. The van der Waals surface area contributed by atoms with Crippen molar-refractivity contribution in [3.8, 4) is 0 Å². The van der Waals surface area contributed by atoms with Crippen LogP contribution in [0, 0.1) is 0 Å². The molecular formula is C30H32N2O5S. The van der Waals surface area contributed by atoms with E-state index in [4.69, 9.17) is 9.47 Å². The van der Waals surface area contributed by atoms with Gasteiger partial charge in [0.05, 0.1) is 18.3 Å². The Bertz CT molecular complexity index is 1220. The van der Waals surface area contributed by atoms with Crippen LogP contribution in [0.5, 0.6) is 0 Å². The number of nitrogens with one attached hydrogen (secondary N) is 1. The molecule has 2 atom stereocenters. The molecule has 0 aromatic heterocycles. The third-order valence-electron chi connectivity index (χ3n) is 6.19. The van der Waals surface area contributed by atoms with E-state index in [9.17, 15) is 14.4 Å². The fraction of sp³-hybridized carbons (Fsp3) is 0.300. The molecule has 3 aromatic carbocycles. The molecule has 3 aromatic rings. The fourth-order valence-electron chi connectivity index (χ4n) is 4.26. The summed E-state index contributed by atoms with van der Waals surface area (Å²) in [4.78, 5) is 41.8. The lowest BCUT2D eigenvalue weighted by Gasteiger charge is -2.27. The monoisotopic (exact) mass is 532 g/mol. The van der Waals surface area contributed by atoms with Crippen molar-refractivity contribution in [3.05, 3.63) is 96.1 Å². The second-order valence-electron chi connectivity index (χ2n) is 8.90. The Hall–Kier alpha value is -3.62. The van der Waals surface area contributed by atoms with Gasteiger partial charge in [-0.05, 0) is 43.0 Å². The number of anilines is 1. The number of fused-ring (bicyclic) bond motifs is 1. The van der Waals surface area contributed by atoms with Crippen molar-refractivity contribution in [2.45, 2.75) is 43.4 Å². The van der Waals surface area contributed by atoms with E-state index in [1.165, 1.54) is 16.7 Å². The normalized spacial score (nSPS) is 15.8. The quantitative estimate of drug-likeness (QED) is 0.367. The molecule has 1 unspecified atom stereocenters. The Balaban J connectivity index is 1.49. The lowest BCUT2D eigenvalue weighted by atomic mass is 10.0. The van der Waals surface area contributed by atoms with Crippen LogP contribution in [0.2, 0.25) is 0 Å². The van der Waals surface area contributed by atoms with Crippen molar-refractivity contribution < 1.29 is 23.9 Å². The molecule has 0 saturated heterocycles. The minimum Gasteiger partial charge on any atom is -0.465 e. The smallest absolute Gasteiger partial charge is 0.326 e. The van der Waals surface area contributed by atoms with Crippen molar-refractivity contribution in [2.24, 2.45) is 0 Å². The van der Waals surface area contributed by atoms with Crippen LogP contribution in [-0.4, -0.2) is 48.8 Å². The number of carbonyl (C=O) groups is 3. The molecule has 1 aliphatic heterocycles. The van der Waals surface area contributed by atoms with Gasteiger partial charge < -0.3 is 9.47 Å². The molecule has 0 radical (unpaired) electrons. The lowest BCUT2D eigenvalue weighted by molar-refractivity contribution is -0.147. The Labute approximate surface area is 227 Å². The molecule has 198 valence electrons. The van der Waals surface area contributed by atoms with Crippen LogP contribution >= 0.6 is 11.8 Å². The Kier molecular flexibility index (Phi) is 9.95. The largest absolute Gasteiger partial charge is 0.465 e. The number of benzene rings is 3. The van der Waals surface area contributed by atoms with Crippen molar-refractivity contribution in [3.63, 3.8) is 0 Å². The van der Waals surface area contributed by atoms with Gasteiger partial charge in [0.1, 0.15) is 19.2 Å². The minimum atomic E-state index is -0.695. The van der Waals surface area contributed by atoms with Gasteiger partial charge in [-0.1, -0.05) is 72.8 Å². The topological polar surface area (TPSA) is 84.9 Å². The van der Waals surface area contributed by atoms with E-state index in [1.54, 1.807) is 6.92 Å². The van der Waals surface area contributed by atoms with E-state index in [0.29, 0.717) is 24.3 Å². The lowest BCUT2D eigenvalue weighted by Crippen LogP contribution is -2.54. The van der Waals surface area contributed by atoms with Crippen LogP contribution in [0.3, 0.4) is 0 Å². The zero-order chi connectivity index (χ0) is 26.7. The summed E-state index contributed by atoms with van der Waals surface area (Å²) in [5, 5.41) is 3.26. The van der Waals surface area contributed by atoms with E-state index in [1.807, 2.05) is 84.9 Å². The molecule has 8 heteroatoms. The molecule has 1 aliphatic rings. The number of carbonyl (C=O) groups excluding carboxylic acids is 3. The molecule has 38 heavy (non-hydrogen) atoms. The number of ether oxygens (including phenoxy) is 2. The molecule has 1 heterocycles. The van der Waals surface area contributed by atoms with Crippen LogP contribution in [0.4, 0.5) is 5.69 Å². The minimum absolute atomic E-state index is 0.129. The average molecular weight is 533 g/mol. The predicted molar refractivity (Wildman–Crippen MR) is 148 cm³/mol. The van der Waals surface area contributed by atoms with Crippen LogP contribution in [0.1, 0.15) is 24.5 Å². The number of rotatable bonds is 11. The van der Waals surface area contributed by atoms with Crippen LogP contribution in [-0.2, 0) is 36.9 Å². The van der Waals surface area contributed by atoms with E-state index in [2.05, 4.69) is 5.32 Å². The van der Waals surface area contributed by atoms with Gasteiger partial charge in [-0.3, -0.25) is 24.6 Å². The van der Waals surface area contributed by atoms with Gasteiger partial charge in [-0.2, -0.15) is 0 Å². The maximum Gasteiger partial charge on any atom is 0.326 e. The zero-order valence-electron chi connectivity index (χ0n) is 21.4. The summed E-state index contributed by atoms with van der Waals surface area (Å²) in [6.07, 6.45) is 1.13. The molecule has 7 nitrogen and oxygen atoms in total. The Morgan fingerprint density at radius 3 is 2.32 bits per heavy atom. The second-order valence-corrected chi connectivity index (χ2v) is 9.96. The van der Waals surface area contributed by atoms with Crippen molar-refractivity contribution in [1.29, 1.82) is 0 Å². The SMILES string of the molecule is CCOC(=O)[C@@H](CCc1ccccc1)NC1CSc2ccccc2N(CC(=O)OCc2ccccc2)C1=O. The standard InChI is InChI=1S/C30H32N2O5S/c1-2-36-30(35)24(18-17-22-11-5-3-6-12-22)31-25-21-38-27-16-10-9-15-26(27)32(29(25)34)19-28(33)37-20-23-13-7-4-8-14-23/h3-16,24-25,31H,2,17-21H2,1H3/t24-,25?/m1/s1. The maximum absolute atomic E-state index is 13.8. The highest BCUT2D eigenvalue weighted by molar-refractivity contribution is 7.99. The number of para-hydroxylation sites is 1. The van der Waals surface area contributed by atoms with Crippen molar-refractivity contribution >= 4 is 35.3 Å². The molecule has 0 bridgehead atoms. The van der Waals surface area contributed by atoms with Gasteiger partial charge >= 0.3 is 11.9 Å². The van der Waals surface area contributed by atoms with E-state index >= 15 is 0 Å². The molecule has 0 spiro atoms. The van der Waals surface area contributed by atoms with Gasteiger partial charge in [0, 0.05) is 10.6 Å². The maximum atomic E-state index is 13.8. The first-order valence-electron chi connectivity index (χ1n) is 12.7. The Morgan fingerprint density at radius 2 is 1.61 bits per heavy atom. The molecular weight excluding hydrogens is 500 g/mol. The summed E-state index contributed by atoms with van der Waals surface area (Å²) < 4.78 is 10.8. The first-order valence-corrected chi connectivity index (χ1v) is 13.7. The first kappa shape index (κ1) is 27.4. The highest BCUT2D eigenvalue weighted by Crippen LogP contribution is 2.34. The number of aryl methyl sites for hydroxylation is 1. The van der Waals surface area contributed by atoms with E-state index in [0.717, 1.165) is 16.0 Å². The van der Waals surface area contributed by atoms with E-state index < -0.39 is 24.0 Å². The highest BCUT2D eigenvalue weighted by atomic mass is 32.2. The molecule has 1 amide bonds. The predicted octanol–water partition coefficient (Wildman–Crippen LogP) is 4.39. The van der Waals surface area contributed by atoms with E-state index in [-0.39, 0.29) is 25.7 Å². The van der Waals surface area contributed by atoms with Gasteiger partial charge in [-0.15, -0.1) is 11.8 Å². The second kappa shape index (κ2) is 13.8. The number of amides is 1. The number of hydrogen-bond donors (Lipinski definition) is 1. The summed E-state index contributed by atoms with van der Waals surface area (Å²) >= 11 is 1.51. The Morgan fingerprint density at radius 1 is 0.947 bits per heavy atom. The fourth-order valence-corrected chi connectivity index (χ4v) is 5.35. The van der Waals surface area contributed by atoms with Crippen molar-refractivity contribution in [2.75, 3.05) is 23.8 Å². The summed E-state index contributed by atoms with van der Waals surface area (Å²) in [7, 11) is 0. The molecule has 4 rings (SSSR count). The average Bonchev–Trinajstić information content (AvgIpc) is 3.07. The number of nitrogens with zero attached hydrogens (tertiary/aromatic N) is 1. The molecule has 0 fully saturated rings. The number of esters is 2. The summed E-state index contributed by atoms with van der Waals surface area (Å²) in [5.74, 6) is -0.772. The summed E-state index contributed by atoms with van der Waals surface area (Å²) in [6, 6.07) is 25.4. The van der Waals surface area contributed by atoms with Crippen LogP contribution in [0.25, 0.3) is 0 Å². The molecule has 0 saturated carbocycles. The zero-order valence-corrected chi connectivity index (χ0v) is 22.2. The van der Waals surface area contributed by atoms with Crippen molar-refractivity contribution in [1.82, 2.24) is 5.32 Å². The first-order chi connectivity index (χ1) is 18.5. The van der Waals surface area contributed by atoms with Gasteiger partial charge in [0.2, 0.25) is 5.91 Å². The molecule has 1 N–H and O–H groups in total. The number of hydrogen-bond acceptors (Lipinski definition) is 7. The van der Waals surface area contributed by atoms with Crippen LogP contribution < -0.4 is 10.2 Å². The third-order valence-corrected chi connectivity index (χ3v) is 7.35. The number of thioether (sulfide) groups is 1. The van der Waals surface area contributed by atoms with Gasteiger partial charge in [-0.25, -0.2) is 0 Å². The third kappa shape index (κ3) is 7.46. The highest BCUT2D eigenvalue weighted by Gasteiger charge is 2.35. The summed E-state index contributed by atoms with van der Waals surface area (Å²) in [5.41, 5.74) is 2.62.